The van der Waals surface area contributed by atoms with Crippen molar-refractivity contribution >= 4 is 5.91 Å². The zero-order valence-corrected chi connectivity index (χ0v) is 12.4. The number of amides is 1. The first kappa shape index (κ1) is 14.8. The van der Waals surface area contributed by atoms with E-state index in [1.807, 2.05) is 37.3 Å². The maximum atomic E-state index is 12.1. The van der Waals surface area contributed by atoms with Gasteiger partial charge in [0.05, 0.1) is 12.3 Å². The highest BCUT2D eigenvalue weighted by Crippen LogP contribution is 2.15. The molecule has 0 aliphatic carbocycles. The Bertz CT molecular complexity index is 834. The van der Waals surface area contributed by atoms with Crippen molar-refractivity contribution in [2.45, 2.75) is 19.5 Å². The molecular formula is C16H15N3O4. The second-order valence-corrected chi connectivity index (χ2v) is 5.01. The number of rotatable bonds is 5. The van der Waals surface area contributed by atoms with Crippen molar-refractivity contribution in [1.29, 1.82) is 0 Å². The molecule has 0 unspecified atom stereocenters. The van der Waals surface area contributed by atoms with Crippen molar-refractivity contribution in [1.82, 2.24) is 15.1 Å². The van der Waals surface area contributed by atoms with E-state index in [9.17, 15) is 9.59 Å². The van der Waals surface area contributed by atoms with Crippen molar-refractivity contribution in [2.75, 3.05) is 0 Å². The van der Waals surface area contributed by atoms with Crippen LogP contribution in [0.25, 0.3) is 11.7 Å². The van der Waals surface area contributed by atoms with Crippen LogP contribution in [-0.2, 0) is 11.3 Å². The largest absolute Gasteiger partial charge is 0.459 e. The predicted octanol–water partition coefficient (Wildman–Crippen LogP) is 1.97. The van der Waals surface area contributed by atoms with Gasteiger partial charge in [0.1, 0.15) is 6.54 Å². The van der Waals surface area contributed by atoms with Crippen molar-refractivity contribution < 1.29 is 13.6 Å². The van der Waals surface area contributed by atoms with Crippen LogP contribution in [-0.4, -0.2) is 15.7 Å². The molecule has 7 heteroatoms. The van der Waals surface area contributed by atoms with Gasteiger partial charge in [0, 0.05) is 0 Å². The van der Waals surface area contributed by atoms with Crippen LogP contribution in [0, 0.1) is 0 Å². The number of nitrogens with one attached hydrogen (secondary N) is 1. The number of benzene rings is 1. The predicted molar refractivity (Wildman–Crippen MR) is 81.5 cm³/mol. The molecule has 118 valence electrons. The third-order valence-corrected chi connectivity index (χ3v) is 3.31. The molecule has 0 aliphatic heterocycles. The molecule has 0 bridgehead atoms. The quantitative estimate of drug-likeness (QED) is 0.777. The van der Waals surface area contributed by atoms with E-state index in [4.69, 9.17) is 8.83 Å². The van der Waals surface area contributed by atoms with Crippen molar-refractivity contribution in [2.24, 2.45) is 0 Å². The lowest BCUT2D eigenvalue weighted by molar-refractivity contribution is -0.122. The Hall–Kier alpha value is -3.09. The Balaban J connectivity index is 1.68. The van der Waals surface area contributed by atoms with Crippen molar-refractivity contribution in [3.05, 3.63) is 64.8 Å². The molecule has 0 aliphatic rings. The molecule has 1 amide bonds. The summed E-state index contributed by atoms with van der Waals surface area (Å²) in [5, 5.41) is 6.77. The van der Waals surface area contributed by atoms with E-state index in [0.29, 0.717) is 5.76 Å². The van der Waals surface area contributed by atoms with Crippen molar-refractivity contribution in [3.8, 4) is 11.7 Å². The summed E-state index contributed by atoms with van der Waals surface area (Å²) >= 11 is 0. The molecule has 2 aromatic heterocycles. The summed E-state index contributed by atoms with van der Waals surface area (Å²) in [5.74, 6) is -0.663. The molecule has 1 atom stereocenters. The molecule has 3 rings (SSSR count). The Morgan fingerprint density at radius 2 is 2.04 bits per heavy atom. The first-order chi connectivity index (χ1) is 11.1. The average molecular weight is 313 g/mol. The minimum atomic E-state index is -0.709. The van der Waals surface area contributed by atoms with E-state index in [1.165, 1.54) is 6.26 Å². The monoisotopic (exact) mass is 313 g/mol. The lowest BCUT2D eigenvalue weighted by Crippen LogP contribution is -2.33. The molecule has 3 aromatic rings. The fourth-order valence-electron chi connectivity index (χ4n) is 2.15. The van der Waals surface area contributed by atoms with Gasteiger partial charge in [-0.1, -0.05) is 30.3 Å². The van der Waals surface area contributed by atoms with E-state index in [-0.39, 0.29) is 24.4 Å². The summed E-state index contributed by atoms with van der Waals surface area (Å²) in [7, 11) is 0. The number of furan rings is 1. The van der Waals surface area contributed by atoms with Crippen LogP contribution in [0.15, 0.2) is 62.4 Å². The van der Waals surface area contributed by atoms with E-state index in [0.717, 1.165) is 10.2 Å². The second kappa shape index (κ2) is 6.35. The summed E-state index contributed by atoms with van der Waals surface area (Å²) in [5.41, 5.74) is 0.977. The number of hydrogen-bond acceptors (Lipinski definition) is 5. The lowest BCUT2D eigenvalue weighted by Gasteiger charge is -2.13. The lowest BCUT2D eigenvalue weighted by atomic mass is 10.1. The fraction of sp³-hybridized carbons (Fsp3) is 0.188. The SMILES string of the molecule is C[C@H](NC(=O)Cn1nc(-c2ccco2)oc1=O)c1ccccc1. The van der Waals surface area contributed by atoms with Gasteiger partial charge in [0.25, 0.3) is 5.89 Å². The maximum absolute atomic E-state index is 12.1. The van der Waals surface area contributed by atoms with Crippen LogP contribution in [0.2, 0.25) is 0 Å². The highest BCUT2D eigenvalue weighted by atomic mass is 16.4. The Kier molecular flexibility index (Phi) is 4.09. The molecule has 2 heterocycles. The second-order valence-electron chi connectivity index (χ2n) is 5.01. The first-order valence-electron chi connectivity index (χ1n) is 7.09. The van der Waals surface area contributed by atoms with Gasteiger partial charge in [-0.25, -0.2) is 4.79 Å². The number of carbonyl (C=O) groups is 1. The zero-order valence-electron chi connectivity index (χ0n) is 12.4. The molecule has 1 N–H and O–H groups in total. The normalized spacial score (nSPS) is 12.0. The molecular weight excluding hydrogens is 298 g/mol. The van der Waals surface area contributed by atoms with Crippen molar-refractivity contribution in [3.63, 3.8) is 0 Å². The van der Waals surface area contributed by atoms with Gasteiger partial charge in [0.2, 0.25) is 5.91 Å². The Morgan fingerprint density at radius 3 is 2.74 bits per heavy atom. The molecule has 0 fully saturated rings. The highest BCUT2D eigenvalue weighted by molar-refractivity contribution is 5.76. The third-order valence-electron chi connectivity index (χ3n) is 3.31. The smallest absolute Gasteiger partial charge is 0.437 e. The maximum Gasteiger partial charge on any atom is 0.437 e. The molecule has 0 spiro atoms. The summed E-state index contributed by atoms with van der Waals surface area (Å²) in [6.07, 6.45) is 1.45. The van der Waals surface area contributed by atoms with E-state index in [2.05, 4.69) is 10.4 Å². The minimum Gasteiger partial charge on any atom is -0.459 e. The molecule has 1 aromatic carbocycles. The molecule has 7 nitrogen and oxygen atoms in total. The van der Waals surface area contributed by atoms with Crippen LogP contribution in [0.4, 0.5) is 0 Å². The van der Waals surface area contributed by atoms with Gasteiger partial charge in [-0.15, -0.1) is 5.10 Å². The Labute approximate surface area is 131 Å². The van der Waals surface area contributed by atoms with Gasteiger partial charge in [-0.2, -0.15) is 4.68 Å². The average Bonchev–Trinajstić information content (AvgIpc) is 3.18. The van der Waals surface area contributed by atoms with E-state index >= 15 is 0 Å². The fourth-order valence-corrected chi connectivity index (χ4v) is 2.15. The van der Waals surface area contributed by atoms with Gasteiger partial charge in [-0.3, -0.25) is 4.79 Å². The number of hydrogen-bond donors (Lipinski definition) is 1. The van der Waals surface area contributed by atoms with Crippen LogP contribution < -0.4 is 11.1 Å². The minimum absolute atomic E-state index is 0.0453. The number of aromatic nitrogens is 2. The summed E-state index contributed by atoms with van der Waals surface area (Å²) in [6, 6.07) is 12.6. The summed E-state index contributed by atoms with van der Waals surface area (Å²) < 4.78 is 11.0. The molecule has 0 saturated heterocycles. The number of nitrogens with zero attached hydrogens (tertiary/aromatic N) is 2. The topological polar surface area (TPSA) is 90.3 Å². The van der Waals surface area contributed by atoms with E-state index < -0.39 is 5.76 Å². The molecule has 0 radical (unpaired) electrons. The van der Waals surface area contributed by atoms with Gasteiger partial charge in [-0.05, 0) is 24.6 Å². The summed E-state index contributed by atoms with van der Waals surface area (Å²) in [6.45, 7) is 1.65. The first-order valence-corrected chi connectivity index (χ1v) is 7.09. The van der Waals surface area contributed by atoms with Crippen LogP contribution in [0.3, 0.4) is 0 Å². The van der Waals surface area contributed by atoms with Gasteiger partial charge in [0.15, 0.2) is 5.76 Å². The molecule has 0 saturated carbocycles. The van der Waals surface area contributed by atoms with Gasteiger partial charge >= 0.3 is 5.76 Å². The summed E-state index contributed by atoms with van der Waals surface area (Å²) in [4.78, 5) is 23.8. The van der Waals surface area contributed by atoms with Crippen LogP contribution in [0.1, 0.15) is 18.5 Å². The highest BCUT2D eigenvalue weighted by Gasteiger charge is 2.16. The number of carbonyl (C=O) groups excluding carboxylic acids is 1. The molecule has 23 heavy (non-hydrogen) atoms. The standard InChI is InChI=1S/C16H15N3O4/c1-11(12-6-3-2-4-7-12)17-14(20)10-19-16(21)23-15(18-19)13-8-5-9-22-13/h2-9,11H,10H2,1H3,(H,17,20)/t11-/m0/s1. The third kappa shape index (κ3) is 3.39. The zero-order chi connectivity index (χ0) is 16.2. The van der Waals surface area contributed by atoms with Crippen LogP contribution in [0.5, 0.6) is 0 Å². The van der Waals surface area contributed by atoms with Gasteiger partial charge < -0.3 is 14.2 Å². The van der Waals surface area contributed by atoms with Crippen LogP contribution >= 0.6 is 0 Å². The van der Waals surface area contributed by atoms with E-state index in [1.54, 1.807) is 12.1 Å². The Morgan fingerprint density at radius 1 is 1.26 bits per heavy atom.